The third-order valence-electron chi connectivity index (χ3n) is 5.30. The zero-order valence-corrected chi connectivity index (χ0v) is 17.6. The Hall–Kier alpha value is -3.49. The van der Waals surface area contributed by atoms with Crippen molar-refractivity contribution in [2.24, 2.45) is 0 Å². The third kappa shape index (κ3) is 5.40. The molecular formula is C24H25FN4O3. The number of rotatable bonds is 7. The first kappa shape index (κ1) is 21.7. The number of hydroxylamine groups is 1. The van der Waals surface area contributed by atoms with Gasteiger partial charge in [-0.25, -0.2) is 14.9 Å². The summed E-state index contributed by atoms with van der Waals surface area (Å²) in [7, 11) is 0. The lowest BCUT2D eigenvalue weighted by Crippen LogP contribution is -2.36. The number of nitrogens with two attached hydrogens (primary N) is 1. The van der Waals surface area contributed by atoms with E-state index in [-0.39, 0.29) is 12.4 Å². The summed E-state index contributed by atoms with van der Waals surface area (Å²) in [6, 6.07) is 15.0. The molecule has 3 aromatic rings. The number of pyridine rings is 1. The Morgan fingerprint density at radius 1 is 1.12 bits per heavy atom. The highest BCUT2D eigenvalue weighted by Gasteiger charge is 2.17. The number of nitrogens with zero attached hydrogens (tertiary/aromatic N) is 2. The molecule has 32 heavy (non-hydrogen) atoms. The number of benzene rings is 2. The molecule has 166 valence electrons. The summed E-state index contributed by atoms with van der Waals surface area (Å²) < 4.78 is 18.4. The molecule has 0 atom stereocenters. The highest BCUT2D eigenvalue weighted by Crippen LogP contribution is 2.23. The Kier molecular flexibility index (Phi) is 6.94. The van der Waals surface area contributed by atoms with Gasteiger partial charge in [0.25, 0.3) is 5.91 Å². The molecule has 2 heterocycles. The summed E-state index contributed by atoms with van der Waals surface area (Å²) in [6.07, 6.45) is 2.25. The number of aromatic nitrogens is 1. The summed E-state index contributed by atoms with van der Waals surface area (Å²) in [5.74, 6) is 0.167. The minimum Gasteiger partial charge on any atom is -0.398 e. The van der Waals surface area contributed by atoms with E-state index in [9.17, 15) is 9.18 Å². The molecule has 0 unspecified atom stereocenters. The van der Waals surface area contributed by atoms with E-state index < -0.39 is 5.91 Å². The first-order valence-corrected chi connectivity index (χ1v) is 10.4. The van der Waals surface area contributed by atoms with Gasteiger partial charge in [-0.2, -0.15) is 0 Å². The van der Waals surface area contributed by atoms with Gasteiger partial charge in [0.1, 0.15) is 11.6 Å². The number of halogens is 1. The van der Waals surface area contributed by atoms with Crippen molar-refractivity contribution >= 4 is 17.4 Å². The molecule has 0 radical (unpaired) electrons. The summed E-state index contributed by atoms with van der Waals surface area (Å²) in [5.41, 5.74) is 12.1. The summed E-state index contributed by atoms with van der Waals surface area (Å²) in [6.45, 7) is 3.07. The first-order chi connectivity index (χ1) is 15.6. The van der Waals surface area contributed by atoms with Gasteiger partial charge in [-0.1, -0.05) is 18.2 Å². The molecule has 0 saturated carbocycles. The highest BCUT2D eigenvalue weighted by molar-refractivity contribution is 5.96. The molecule has 0 spiro atoms. The van der Waals surface area contributed by atoms with Gasteiger partial charge in [-0.15, -0.1) is 0 Å². The van der Waals surface area contributed by atoms with E-state index in [1.165, 1.54) is 12.1 Å². The Morgan fingerprint density at radius 3 is 2.69 bits per heavy atom. The van der Waals surface area contributed by atoms with Crippen LogP contribution in [0.4, 0.5) is 15.9 Å². The number of ether oxygens (including phenoxy) is 1. The second kappa shape index (κ2) is 10.2. The normalized spacial score (nSPS) is 13.7. The fourth-order valence-electron chi connectivity index (χ4n) is 3.58. The monoisotopic (exact) mass is 436 g/mol. The molecule has 1 aliphatic rings. The maximum Gasteiger partial charge on any atom is 0.275 e. The van der Waals surface area contributed by atoms with Gasteiger partial charge in [0.05, 0.1) is 19.8 Å². The van der Waals surface area contributed by atoms with Gasteiger partial charge in [0.2, 0.25) is 0 Å². The number of amides is 1. The Bertz CT molecular complexity index is 1070. The Labute approximate surface area is 185 Å². The van der Waals surface area contributed by atoms with Gasteiger partial charge in [-0.05, 0) is 53.1 Å². The quantitative estimate of drug-likeness (QED) is 0.437. The molecule has 0 bridgehead atoms. The zero-order chi connectivity index (χ0) is 22.3. The number of carbonyl (C=O) groups is 1. The maximum atomic E-state index is 13.0. The van der Waals surface area contributed by atoms with E-state index in [1.807, 2.05) is 12.1 Å². The fourth-order valence-corrected chi connectivity index (χ4v) is 3.58. The van der Waals surface area contributed by atoms with Crippen molar-refractivity contribution in [1.29, 1.82) is 0 Å². The molecule has 4 rings (SSSR count). The van der Waals surface area contributed by atoms with E-state index in [4.69, 9.17) is 15.3 Å². The van der Waals surface area contributed by atoms with Crippen molar-refractivity contribution in [1.82, 2.24) is 10.5 Å². The van der Waals surface area contributed by atoms with Crippen molar-refractivity contribution in [3.8, 4) is 0 Å². The highest BCUT2D eigenvalue weighted by atomic mass is 19.1. The summed E-state index contributed by atoms with van der Waals surface area (Å²) in [5, 5.41) is 0. The predicted octanol–water partition coefficient (Wildman–Crippen LogP) is 3.09. The van der Waals surface area contributed by atoms with Crippen LogP contribution >= 0.6 is 0 Å². The number of nitrogens with one attached hydrogen (secondary N) is 1. The Balaban J connectivity index is 1.45. The summed E-state index contributed by atoms with van der Waals surface area (Å²) in [4.78, 5) is 24.8. The predicted molar refractivity (Wildman–Crippen MR) is 120 cm³/mol. The molecule has 1 amide bonds. The number of anilines is 2. The standard InChI is InChI=1S/C24H25FN4O3/c25-19-6-4-17(5-7-19)16-32-28-24(30)20-2-1-3-22(26)21(20)14-18-8-9-27-23(15-18)29-10-12-31-13-11-29/h1-9,15H,10-14,16,26H2,(H,28,30). The molecule has 0 aliphatic carbocycles. The van der Waals surface area contributed by atoms with Crippen LogP contribution in [0, 0.1) is 5.82 Å². The van der Waals surface area contributed by atoms with Crippen LogP contribution in [0.3, 0.4) is 0 Å². The van der Waals surface area contributed by atoms with E-state index in [2.05, 4.69) is 15.4 Å². The lowest BCUT2D eigenvalue weighted by Gasteiger charge is -2.28. The lowest BCUT2D eigenvalue weighted by atomic mass is 9.98. The Morgan fingerprint density at radius 2 is 1.91 bits per heavy atom. The topological polar surface area (TPSA) is 89.7 Å². The van der Waals surface area contributed by atoms with Crippen LogP contribution in [-0.4, -0.2) is 37.2 Å². The second-order valence-corrected chi connectivity index (χ2v) is 7.52. The smallest absolute Gasteiger partial charge is 0.275 e. The largest absolute Gasteiger partial charge is 0.398 e. The summed E-state index contributed by atoms with van der Waals surface area (Å²) >= 11 is 0. The number of hydrogen-bond acceptors (Lipinski definition) is 6. The minimum absolute atomic E-state index is 0.122. The van der Waals surface area contributed by atoms with E-state index in [1.54, 1.807) is 36.5 Å². The van der Waals surface area contributed by atoms with E-state index in [0.29, 0.717) is 30.9 Å². The number of nitrogen functional groups attached to an aromatic ring is 1. The van der Waals surface area contributed by atoms with Crippen LogP contribution in [0.25, 0.3) is 0 Å². The number of carbonyl (C=O) groups excluding carboxylic acids is 1. The molecule has 1 fully saturated rings. The maximum absolute atomic E-state index is 13.0. The molecule has 1 aromatic heterocycles. The fraction of sp³-hybridized carbons (Fsp3) is 0.250. The molecule has 1 aliphatic heterocycles. The van der Waals surface area contributed by atoms with Gasteiger partial charge in [0, 0.05) is 37.0 Å². The van der Waals surface area contributed by atoms with Crippen LogP contribution in [0.1, 0.15) is 27.0 Å². The van der Waals surface area contributed by atoms with Crippen LogP contribution in [-0.2, 0) is 22.6 Å². The van der Waals surface area contributed by atoms with Crippen LogP contribution < -0.4 is 16.1 Å². The molecule has 2 aromatic carbocycles. The first-order valence-electron chi connectivity index (χ1n) is 10.4. The number of hydrogen-bond donors (Lipinski definition) is 2. The van der Waals surface area contributed by atoms with Crippen molar-refractivity contribution in [2.45, 2.75) is 13.0 Å². The SMILES string of the molecule is Nc1cccc(C(=O)NOCc2ccc(F)cc2)c1Cc1ccnc(N2CCOCC2)c1. The second-order valence-electron chi connectivity index (χ2n) is 7.52. The third-order valence-corrected chi connectivity index (χ3v) is 5.30. The van der Waals surface area contributed by atoms with Crippen molar-refractivity contribution in [3.05, 3.63) is 88.9 Å². The molecule has 8 heteroatoms. The molecule has 7 nitrogen and oxygen atoms in total. The van der Waals surface area contributed by atoms with Gasteiger partial charge in [-0.3, -0.25) is 9.63 Å². The van der Waals surface area contributed by atoms with Gasteiger partial charge >= 0.3 is 0 Å². The van der Waals surface area contributed by atoms with E-state index >= 15 is 0 Å². The lowest BCUT2D eigenvalue weighted by molar-refractivity contribution is 0.0232. The van der Waals surface area contributed by atoms with Gasteiger partial charge in [0.15, 0.2) is 0 Å². The van der Waals surface area contributed by atoms with Crippen LogP contribution in [0.2, 0.25) is 0 Å². The van der Waals surface area contributed by atoms with Crippen LogP contribution in [0.5, 0.6) is 0 Å². The van der Waals surface area contributed by atoms with E-state index in [0.717, 1.165) is 35.6 Å². The molecule has 1 saturated heterocycles. The minimum atomic E-state index is -0.392. The van der Waals surface area contributed by atoms with Crippen molar-refractivity contribution in [2.75, 3.05) is 36.9 Å². The van der Waals surface area contributed by atoms with Crippen molar-refractivity contribution in [3.63, 3.8) is 0 Å². The molecule has 3 N–H and O–H groups in total. The van der Waals surface area contributed by atoms with Crippen molar-refractivity contribution < 1.29 is 18.8 Å². The average molecular weight is 436 g/mol. The zero-order valence-electron chi connectivity index (χ0n) is 17.6. The average Bonchev–Trinajstić information content (AvgIpc) is 2.82. The van der Waals surface area contributed by atoms with Gasteiger partial charge < -0.3 is 15.4 Å². The van der Waals surface area contributed by atoms with Crippen LogP contribution in [0.15, 0.2) is 60.8 Å². The number of morpholine rings is 1. The molecular weight excluding hydrogens is 411 g/mol.